The highest BCUT2D eigenvalue weighted by atomic mass is 16.5. The molecule has 0 radical (unpaired) electrons. The Morgan fingerprint density at radius 1 is 1.19 bits per heavy atom. The van der Waals surface area contributed by atoms with Crippen molar-refractivity contribution in [3.8, 4) is 5.75 Å². The summed E-state index contributed by atoms with van der Waals surface area (Å²) in [5, 5.41) is 3.42. The monoisotopic (exact) mass is 222 g/mol. The largest absolute Gasteiger partial charge is 0.496 e. The summed E-state index contributed by atoms with van der Waals surface area (Å²) in [6.45, 7) is 3.10. The van der Waals surface area contributed by atoms with Gasteiger partial charge in [-0.2, -0.15) is 0 Å². The molecule has 1 rings (SSSR count). The molecular weight excluding hydrogens is 200 g/mol. The maximum atomic E-state index is 5.30. The summed E-state index contributed by atoms with van der Waals surface area (Å²) in [7, 11) is 5.89. The number of hydrogen-bond acceptors (Lipinski definition) is 3. The van der Waals surface area contributed by atoms with Crippen molar-refractivity contribution < 1.29 is 4.74 Å². The van der Waals surface area contributed by atoms with Crippen LogP contribution in [0.5, 0.6) is 5.75 Å². The molecule has 0 heterocycles. The van der Waals surface area contributed by atoms with Crippen molar-refractivity contribution in [2.75, 3.05) is 40.8 Å². The van der Waals surface area contributed by atoms with Gasteiger partial charge in [0.25, 0.3) is 0 Å². The molecule has 0 aromatic heterocycles. The molecule has 0 fully saturated rings. The van der Waals surface area contributed by atoms with Gasteiger partial charge in [0.1, 0.15) is 5.75 Å². The second-order valence-corrected chi connectivity index (χ2v) is 4.12. The number of rotatable bonds is 7. The average molecular weight is 222 g/mol. The summed E-state index contributed by atoms with van der Waals surface area (Å²) in [4.78, 5) is 2.18. The molecule has 0 aliphatic carbocycles. The van der Waals surface area contributed by atoms with E-state index in [1.165, 1.54) is 5.56 Å². The fraction of sp³-hybridized carbons (Fsp3) is 0.538. The van der Waals surface area contributed by atoms with E-state index in [-0.39, 0.29) is 0 Å². The molecular formula is C13H22N2O. The van der Waals surface area contributed by atoms with Gasteiger partial charge in [-0.3, -0.25) is 0 Å². The first kappa shape index (κ1) is 13.0. The highest BCUT2D eigenvalue weighted by Crippen LogP contribution is 2.16. The topological polar surface area (TPSA) is 24.5 Å². The van der Waals surface area contributed by atoms with Gasteiger partial charge in [0.15, 0.2) is 0 Å². The van der Waals surface area contributed by atoms with Gasteiger partial charge < -0.3 is 15.0 Å². The Kier molecular flexibility index (Phi) is 5.90. The Hall–Kier alpha value is -1.06. The van der Waals surface area contributed by atoms with Crippen LogP contribution in [0.3, 0.4) is 0 Å². The molecule has 1 N–H and O–H groups in total. The van der Waals surface area contributed by atoms with E-state index in [0.29, 0.717) is 0 Å². The van der Waals surface area contributed by atoms with Crippen molar-refractivity contribution in [1.82, 2.24) is 10.2 Å². The minimum absolute atomic E-state index is 0.983. The van der Waals surface area contributed by atoms with Crippen molar-refractivity contribution in [2.24, 2.45) is 0 Å². The van der Waals surface area contributed by atoms with E-state index >= 15 is 0 Å². The fourth-order valence-electron chi connectivity index (χ4n) is 1.56. The summed E-state index contributed by atoms with van der Waals surface area (Å²) in [6, 6.07) is 8.18. The van der Waals surface area contributed by atoms with Crippen LogP contribution >= 0.6 is 0 Å². The van der Waals surface area contributed by atoms with Crippen molar-refractivity contribution in [3.05, 3.63) is 29.8 Å². The number of benzene rings is 1. The molecule has 0 aliphatic heterocycles. The van der Waals surface area contributed by atoms with E-state index in [2.05, 4.69) is 36.4 Å². The Morgan fingerprint density at radius 2 is 1.94 bits per heavy atom. The molecule has 90 valence electrons. The standard InChI is InChI=1S/C13H22N2O/c1-15(2)11-10-14-9-8-12-6-4-5-7-13(12)16-3/h4-7,14H,8-11H2,1-3H3. The molecule has 0 aliphatic rings. The molecule has 16 heavy (non-hydrogen) atoms. The quantitative estimate of drug-likeness (QED) is 0.706. The summed E-state index contributed by atoms with van der Waals surface area (Å²) in [6.07, 6.45) is 1.01. The molecule has 0 spiro atoms. The number of likely N-dealkylation sites (N-methyl/N-ethyl adjacent to an activating group) is 1. The lowest BCUT2D eigenvalue weighted by molar-refractivity contribution is 0.398. The predicted molar refractivity (Wildman–Crippen MR) is 68.1 cm³/mol. The Morgan fingerprint density at radius 3 is 2.62 bits per heavy atom. The van der Waals surface area contributed by atoms with E-state index in [9.17, 15) is 0 Å². The zero-order valence-electron chi connectivity index (χ0n) is 10.5. The maximum absolute atomic E-state index is 5.30. The minimum atomic E-state index is 0.983. The molecule has 0 atom stereocenters. The predicted octanol–water partition coefficient (Wildman–Crippen LogP) is 1.39. The van der Waals surface area contributed by atoms with Gasteiger partial charge in [-0.15, -0.1) is 0 Å². The van der Waals surface area contributed by atoms with Crippen LogP contribution in [0, 0.1) is 0 Å². The first-order valence-corrected chi connectivity index (χ1v) is 5.71. The van der Waals surface area contributed by atoms with Gasteiger partial charge in [0.05, 0.1) is 7.11 Å². The first-order valence-electron chi connectivity index (χ1n) is 5.71. The van der Waals surface area contributed by atoms with Gasteiger partial charge in [0, 0.05) is 13.1 Å². The van der Waals surface area contributed by atoms with E-state index in [4.69, 9.17) is 4.74 Å². The second kappa shape index (κ2) is 7.25. The van der Waals surface area contributed by atoms with Crippen LogP contribution in [-0.4, -0.2) is 45.7 Å². The highest BCUT2D eigenvalue weighted by Gasteiger charge is 2.00. The third-order valence-electron chi connectivity index (χ3n) is 2.50. The number of methoxy groups -OCH3 is 1. The normalized spacial score (nSPS) is 10.8. The maximum Gasteiger partial charge on any atom is 0.122 e. The van der Waals surface area contributed by atoms with E-state index in [1.54, 1.807) is 7.11 Å². The van der Waals surface area contributed by atoms with Crippen LogP contribution in [0.4, 0.5) is 0 Å². The van der Waals surface area contributed by atoms with Crippen molar-refractivity contribution in [1.29, 1.82) is 0 Å². The van der Waals surface area contributed by atoms with Gasteiger partial charge in [-0.25, -0.2) is 0 Å². The third-order valence-corrected chi connectivity index (χ3v) is 2.50. The van der Waals surface area contributed by atoms with Gasteiger partial charge in [0.2, 0.25) is 0 Å². The zero-order valence-corrected chi connectivity index (χ0v) is 10.5. The molecule has 3 heteroatoms. The molecule has 0 saturated carbocycles. The number of ether oxygens (including phenoxy) is 1. The van der Waals surface area contributed by atoms with Gasteiger partial charge in [-0.1, -0.05) is 18.2 Å². The summed E-state index contributed by atoms with van der Waals surface area (Å²) < 4.78 is 5.30. The fourth-order valence-corrected chi connectivity index (χ4v) is 1.56. The van der Waals surface area contributed by atoms with Crippen molar-refractivity contribution in [2.45, 2.75) is 6.42 Å². The lowest BCUT2D eigenvalue weighted by Gasteiger charge is -2.11. The van der Waals surface area contributed by atoms with E-state index in [1.807, 2.05) is 12.1 Å². The van der Waals surface area contributed by atoms with Gasteiger partial charge in [-0.05, 0) is 38.7 Å². The molecule has 3 nitrogen and oxygen atoms in total. The smallest absolute Gasteiger partial charge is 0.122 e. The molecule has 1 aromatic carbocycles. The number of nitrogens with zero attached hydrogens (tertiary/aromatic N) is 1. The number of hydrogen-bond donors (Lipinski definition) is 1. The summed E-state index contributed by atoms with van der Waals surface area (Å²) in [5.74, 6) is 0.983. The Balaban J connectivity index is 2.26. The molecule has 0 unspecified atom stereocenters. The summed E-state index contributed by atoms with van der Waals surface area (Å²) in [5.41, 5.74) is 1.27. The first-order chi connectivity index (χ1) is 7.74. The Labute approximate surface area is 98.4 Å². The van der Waals surface area contributed by atoms with Crippen LogP contribution in [0.25, 0.3) is 0 Å². The van der Waals surface area contributed by atoms with Crippen molar-refractivity contribution >= 4 is 0 Å². The minimum Gasteiger partial charge on any atom is -0.496 e. The molecule has 0 bridgehead atoms. The SMILES string of the molecule is COc1ccccc1CCNCCN(C)C. The average Bonchev–Trinajstić information content (AvgIpc) is 2.29. The third kappa shape index (κ3) is 4.64. The van der Waals surface area contributed by atoms with E-state index in [0.717, 1.165) is 31.8 Å². The van der Waals surface area contributed by atoms with Crippen LogP contribution in [-0.2, 0) is 6.42 Å². The Bertz CT molecular complexity index is 300. The lowest BCUT2D eigenvalue weighted by Crippen LogP contribution is -2.27. The highest BCUT2D eigenvalue weighted by molar-refractivity contribution is 5.33. The van der Waals surface area contributed by atoms with E-state index < -0.39 is 0 Å². The van der Waals surface area contributed by atoms with Gasteiger partial charge >= 0.3 is 0 Å². The second-order valence-electron chi connectivity index (χ2n) is 4.12. The molecule has 0 amide bonds. The number of para-hydroxylation sites is 1. The number of nitrogens with one attached hydrogen (secondary N) is 1. The van der Waals surface area contributed by atoms with Crippen molar-refractivity contribution in [3.63, 3.8) is 0 Å². The molecule has 0 saturated heterocycles. The van der Waals surface area contributed by atoms with Crippen LogP contribution in [0.2, 0.25) is 0 Å². The van der Waals surface area contributed by atoms with Crippen LogP contribution in [0.15, 0.2) is 24.3 Å². The lowest BCUT2D eigenvalue weighted by atomic mass is 10.1. The molecule has 1 aromatic rings. The zero-order chi connectivity index (χ0) is 11.8. The van der Waals surface area contributed by atoms with Crippen LogP contribution in [0.1, 0.15) is 5.56 Å². The van der Waals surface area contributed by atoms with Crippen LogP contribution < -0.4 is 10.1 Å². The summed E-state index contributed by atoms with van der Waals surface area (Å²) >= 11 is 0.